The van der Waals surface area contributed by atoms with Gasteiger partial charge in [-0.3, -0.25) is 24.6 Å². The molecule has 0 spiro atoms. The fourth-order valence-electron chi connectivity index (χ4n) is 3.05. The molecule has 1 saturated heterocycles. The number of piperidine rings is 1. The SMILES string of the molecule is CN1C(=O)C(c2ccc([N+](=O)[O-])cc2)=C(N2CCCCC2)C1=O. The lowest BCUT2D eigenvalue weighted by Gasteiger charge is -2.29. The highest BCUT2D eigenvalue weighted by Gasteiger charge is 2.39. The number of likely N-dealkylation sites (tertiary alicyclic amines) is 1. The minimum absolute atomic E-state index is 0.0426. The second-order valence-corrected chi connectivity index (χ2v) is 5.74. The van der Waals surface area contributed by atoms with Gasteiger partial charge >= 0.3 is 0 Å². The van der Waals surface area contributed by atoms with Crippen LogP contribution in [0.2, 0.25) is 0 Å². The molecule has 0 bridgehead atoms. The highest BCUT2D eigenvalue weighted by atomic mass is 16.6. The summed E-state index contributed by atoms with van der Waals surface area (Å²) < 4.78 is 0. The first kappa shape index (κ1) is 15.2. The third-order valence-corrected chi connectivity index (χ3v) is 4.30. The van der Waals surface area contributed by atoms with Gasteiger partial charge in [0.1, 0.15) is 5.70 Å². The summed E-state index contributed by atoms with van der Waals surface area (Å²) in [5.41, 5.74) is 1.26. The van der Waals surface area contributed by atoms with E-state index in [1.165, 1.54) is 31.3 Å². The van der Waals surface area contributed by atoms with Crippen LogP contribution in [0.25, 0.3) is 5.57 Å². The molecule has 0 radical (unpaired) electrons. The van der Waals surface area contributed by atoms with Crippen molar-refractivity contribution in [3.05, 3.63) is 45.6 Å². The Hall–Kier alpha value is -2.70. The summed E-state index contributed by atoms with van der Waals surface area (Å²) in [7, 11) is 1.47. The van der Waals surface area contributed by atoms with E-state index in [-0.39, 0.29) is 17.5 Å². The van der Waals surface area contributed by atoms with Crippen molar-refractivity contribution in [2.24, 2.45) is 0 Å². The number of imide groups is 1. The molecule has 0 saturated carbocycles. The third-order valence-electron chi connectivity index (χ3n) is 4.30. The van der Waals surface area contributed by atoms with Gasteiger partial charge in [-0.2, -0.15) is 0 Å². The highest BCUT2D eigenvalue weighted by Crippen LogP contribution is 2.32. The molecule has 2 amide bonds. The number of carbonyl (C=O) groups is 2. The zero-order valence-electron chi connectivity index (χ0n) is 12.8. The lowest BCUT2D eigenvalue weighted by atomic mass is 10.0. The van der Waals surface area contributed by atoms with Crippen LogP contribution in [0.15, 0.2) is 30.0 Å². The number of nitrogens with zero attached hydrogens (tertiary/aromatic N) is 3. The predicted octanol–water partition coefficient (Wildman–Crippen LogP) is 1.79. The molecule has 7 nitrogen and oxygen atoms in total. The van der Waals surface area contributed by atoms with E-state index in [0.29, 0.717) is 16.8 Å². The highest BCUT2D eigenvalue weighted by molar-refractivity contribution is 6.35. The molecule has 120 valence electrons. The van der Waals surface area contributed by atoms with Crippen molar-refractivity contribution in [3.63, 3.8) is 0 Å². The maximum atomic E-state index is 12.5. The fraction of sp³-hybridized carbons (Fsp3) is 0.375. The summed E-state index contributed by atoms with van der Waals surface area (Å²) in [4.78, 5) is 38.3. The Morgan fingerprint density at radius 1 is 1.00 bits per heavy atom. The van der Waals surface area contributed by atoms with E-state index in [9.17, 15) is 19.7 Å². The lowest BCUT2D eigenvalue weighted by Crippen LogP contribution is -2.35. The Kier molecular flexibility index (Phi) is 3.85. The number of rotatable bonds is 3. The van der Waals surface area contributed by atoms with Gasteiger partial charge in [0, 0.05) is 32.3 Å². The van der Waals surface area contributed by atoms with Gasteiger partial charge in [-0.25, -0.2) is 0 Å². The topological polar surface area (TPSA) is 83.8 Å². The van der Waals surface area contributed by atoms with Crippen LogP contribution < -0.4 is 0 Å². The lowest BCUT2D eigenvalue weighted by molar-refractivity contribution is -0.384. The number of nitro groups is 1. The van der Waals surface area contributed by atoms with Crippen LogP contribution in [-0.2, 0) is 9.59 Å². The zero-order valence-corrected chi connectivity index (χ0v) is 12.8. The normalized spacial score (nSPS) is 18.8. The number of non-ortho nitro benzene ring substituents is 1. The average Bonchev–Trinajstić information content (AvgIpc) is 2.80. The zero-order chi connectivity index (χ0) is 16.6. The molecular formula is C16H17N3O4. The Morgan fingerprint density at radius 2 is 1.61 bits per heavy atom. The number of carbonyl (C=O) groups excluding carboxylic acids is 2. The van der Waals surface area contributed by atoms with Crippen LogP contribution >= 0.6 is 0 Å². The van der Waals surface area contributed by atoms with Gasteiger partial charge in [-0.05, 0) is 37.0 Å². The average molecular weight is 315 g/mol. The largest absolute Gasteiger partial charge is 0.366 e. The van der Waals surface area contributed by atoms with E-state index in [0.717, 1.165) is 37.3 Å². The summed E-state index contributed by atoms with van der Waals surface area (Å²) in [6, 6.07) is 5.77. The number of hydrogen-bond acceptors (Lipinski definition) is 5. The first-order valence-electron chi connectivity index (χ1n) is 7.57. The van der Waals surface area contributed by atoms with Crippen LogP contribution in [0.4, 0.5) is 5.69 Å². The molecule has 1 aromatic carbocycles. The van der Waals surface area contributed by atoms with E-state index in [2.05, 4.69) is 0 Å². The van der Waals surface area contributed by atoms with Gasteiger partial charge < -0.3 is 4.90 Å². The van der Waals surface area contributed by atoms with Crippen LogP contribution in [0.5, 0.6) is 0 Å². The molecule has 0 unspecified atom stereocenters. The predicted molar refractivity (Wildman–Crippen MR) is 83.2 cm³/mol. The molecule has 2 aliphatic rings. The maximum Gasteiger partial charge on any atom is 0.277 e. The van der Waals surface area contributed by atoms with Crippen molar-refractivity contribution in [1.82, 2.24) is 9.80 Å². The van der Waals surface area contributed by atoms with Crippen LogP contribution in [-0.4, -0.2) is 46.7 Å². The van der Waals surface area contributed by atoms with Gasteiger partial charge in [-0.1, -0.05) is 0 Å². The first-order chi connectivity index (χ1) is 11.0. The fourth-order valence-corrected chi connectivity index (χ4v) is 3.05. The second kappa shape index (κ2) is 5.83. The Labute approximate surface area is 133 Å². The monoisotopic (exact) mass is 315 g/mol. The van der Waals surface area contributed by atoms with E-state index in [1.807, 2.05) is 4.90 Å². The van der Waals surface area contributed by atoms with E-state index < -0.39 is 4.92 Å². The van der Waals surface area contributed by atoms with Gasteiger partial charge in [0.2, 0.25) is 0 Å². The molecule has 0 aliphatic carbocycles. The summed E-state index contributed by atoms with van der Waals surface area (Å²) in [5.74, 6) is -0.658. The van der Waals surface area contributed by atoms with Crippen molar-refractivity contribution in [1.29, 1.82) is 0 Å². The van der Waals surface area contributed by atoms with Gasteiger partial charge in [0.15, 0.2) is 0 Å². The molecule has 0 atom stereocenters. The Balaban J connectivity index is 2.06. The quantitative estimate of drug-likeness (QED) is 0.482. The Bertz CT molecular complexity index is 703. The van der Waals surface area contributed by atoms with Crippen molar-refractivity contribution >= 4 is 23.1 Å². The summed E-state index contributed by atoms with van der Waals surface area (Å²) in [6.45, 7) is 1.50. The van der Waals surface area contributed by atoms with Crippen molar-refractivity contribution < 1.29 is 14.5 Å². The molecular weight excluding hydrogens is 298 g/mol. The van der Waals surface area contributed by atoms with E-state index >= 15 is 0 Å². The summed E-state index contributed by atoms with van der Waals surface area (Å²) in [5, 5.41) is 10.8. The number of nitro benzene ring substituents is 1. The van der Waals surface area contributed by atoms with Crippen molar-refractivity contribution in [2.75, 3.05) is 20.1 Å². The number of benzene rings is 1. The number of amides is 2. The molecule has 1 aromatic rings. The van der Waals surface area contributed by atoms with Gasteiger partial charge in [0.05, 0.1) is 10.5 Å². The molecule has 2 heterocycles. The second-order valence-electron chi connectivity index (χ2n) is 5.74. The minimum atomic E-state index is -0.489. The van der Waals surface area contributed by atoms with Crippen molar-refractivity contribution in [2.45, 2.75) is 19.3 Å². The molecule has 1 fully saturated rings. The molecule has 0 N–H and O–H groups in total. The summed E-state index contributed by atoms with van der Waals surface area (Å²) >= 11 is 0. The van der Waals surface area contributed by atoms with Crippen LogP contribution in [0.1, 0.15) is 24.8 Å². The molecule has 7 heteroatoms. The number of likely N-dealkylation sites (N-methyl/N-ethyl adjacent to an activating group) is 1. The van der Waals surface area contributed by atoms with Gasteiger partial charge in [0.25, 0.3) is 17.5 Å². The molecule has 3 rings (SSSR count). The molecule has 23 heavy (non-hydrogen) atoms. The molecule has 0 aromatic heterocycles. The number of hydrogen-bond donors (Lipinski definition) is 0. The first-order valence-corrected chi connectivity index (χ1v) is 7.57. The maximum absolute atomic E-state index is 12.5. The smallest absolute Gasteiger partial charge is 0.277 e. The van der Waals surface area contributed by atoms with Crippen LogP contribution in [0.3, 0.4) is 0 Å². The van der Waals surface area contributed by atoms with Gasteiger partial charge in [-0.15, -0.1) is 0 Å². The summed E-state index contributed by atoms with van der Waals surface area (Å²) in [6.07, 6.45) is 3.10. The van der Waals surface area contributed by atoms with Crippen LogP contribution in [0, 0.1) is 10.1 Å². The van der Waals surface area contributed by atoms with E-state index in [1.54, 1.807) is 0 Å². The minimum Gasteiger partial charge on any atom is -0.366 e. The molecule has 2 aliphatic heterocycles. The van der Waals surface area contributed by atoms with E-state index in [4.69, 9.17) is 0 Å². The standard InChI is InChI=1S/C16H17N3O4/c1-17-15(20)13(11-5-7-12(8-6-11)19(22)23)14(16(17)21)18-9-3-2-4-10-18/h5-8H,2-4,9-10H2,1H3. The Morgan fingerprint density at radius 3 is 2.17 bits per heavy atom. The third kappa shape index (κ3) is 2.58. The van der Waals surface area contributed by atoms with Crippen molar-refractivity contribution in [3.8, 4) is 0 Å².